The maximum absolute atomic E-state index is 13.0. The summed E-state index contributed by atoms with van der Waals surface area (Å²) in [7, 11) is 0. The zero-order chi connectivity index (χ0) is 22.8. The van der Waals surface area contributed by atoms with Crippen molar-refractivity contribution < 1.29 is 13.2 Å². The van der Waals surface area contributed by atoms with Crippen LogP contribution in [0.4, 0.5) is 13.2 Å². The molecule has 0 N–H and O–H groups in total. The number of alkyl halides is 3. The number of rotatable bonds is 1. The minimum absolute atomic E-state index is 0.0742. The van der Waals surface area contributed by atoms with Gasteiger partial charge in [0.15, 0.2) is 0 Å². The molecule has 31 heavy (non-hydrogen) atoms. The summed E-state index contributed by atoms with van der Waals surface area (Å²) in [6.07, 6.45) is -3.47. The normalized spacial score (nSPS) is 13.8. The van der Waals surface area contributed by atoms with Crippen LogP contribution in [-0.4, -0.2) is 0 Å². The molecule has 0 aliphatic heterocycles. The molecule has 0 radical (unpaired) electrons. The molecule has 0 spiro atoms. The minimum Gasteiger partial charge on any atom is -0.166 e. The van der Waals surface area contributed by atoms with Crippen LogP contribution >= 0.6 is 0 Å². The highest BCUT2D eigenvalue weighted by Gasteiger charge is 2.31. The third kappa shape index (κ3) is 4.03. The first-order valence-corrected chi connectivity index (χ1v) is 10.7. The Bertz CT molecular complexity index is 1140. The van der Waals surface area contributed by atoms with E-state index in [1.54, 1.807) is 12.1 Å². The number of fused-ring (bicyclic) bond motifs is 3. The van der Waals surface area contributed by atoms with Crippen molar-refractivity contribution in [2.24, 2.45) is 0 Å². The Morgan fingerprint density at radius 1 is 0.581 bits per heavy atom. The first-order chi connectivity index (χ1) is 14.2. The maximum Gasteiger partial charge on any atom is 0.416 e. The molecule has 4 rings (SSSR count). The second kappa shape index (κ2) is 6.98. The van der Waals surface area contributed by atoms with E-state index in [0.717, 1.165) is 23.1 Å². The van der Waals surface area contributed by atoms with E-state index in [9.17, 15) is 13.2 Å². The van der Waals surface area contributed by atoms with Gasteiger partial charge in [0.05, 0.1) is 5.56 Å². The Labute approximate surface area is 183 Å². The van der Waals surface area contributed by atoms with Gasteiger partial charge in [-0.3, -0.25) is 0 Å². The fraction of sp³-hybridized carbons (Fsp3) is 0.357. The summed E-state index contributed by atoms with van der Waals surface area (Å²) in [6, 6.07) is 16.8. The summed E-state index contributed by atoms with van der Waals surface area (Å²) in [6.45, 7) is 13.1. The SMILES string of the molecule is CC(C)(C)c1ccc2c(c1)-c1cc(C(C)(C)C)c(-c3ccc(C(F)(F)F)cc3)cc1C2. The summed E-state index contributed by atoms with van der Waals surface area (Å²) in [4.78, 5) is 0. The monoisotopic (exact) mass is 422 g/mol. The van der Waals surface area contributed by atoms with Crippen LogP contribution in [0.25, 0.3) is 22.3 Å². The quantitative estimate of drug-likeness (QED) is 0.288. The van der Waals surface area contributed by atoms with Crippen LogP contribution < -0.4 is 0 Å². The average Bonchev–Trinajstić information content (AvgIpc) is 3.02. The highest BCUT2D eigenvalue weighted by atomic mass is 19.4. The molecular weight excluding hydrogens is 393 g/mol. The Morgan fingerprint density at radius 3 is 1.71 bits per heavy atom. The molecule has 0 heterocycles. The lowest BCUT2D eigenvalue weighted by molar-refractivity contribution is -0.137. The molecule has 1 aliphatic carbocycles. The van der Waals surface area contributed by atoms with E-state index < -0.39 is 11.7 Å². The van der Waals surface area contributed by atoms with Gasteiger partial charge in [0.1, 0.15) is 0 Å². The zero-order valence-electron chi connectivity index (χ0n) is 19.0. The second-order valence-electron chi connectivity index (χ2n) is 10.7. The molecule has 0 fully saturated rings. The molecule has 0 saturated carbocycles. The summed E-state index contributed by atoms with van der Waals surface area (Å²) in [5.74, 6) is 0. The minimum atomic E-state index is -4.32. The third-order valence-electron chi connectivity index (χ3n) is 6.22. The van der Waals surface area contributed by atoms with E-state index >= 15 is 0 Å². The van der Waals surface area contributed by atoms with Gasteiger partial charge in [-0.15, -0.1) is 0 Å². The van der Waals surface area contributed by atoms with Crippen molar-refractivity contribution in [2.45, 2.75) is 65.0 Å². The fourth-order valence-electron chi connectivity index (χ4n) is 4.39. The Morgan fingerprint density at radius 2 is 1.16 bits per heavy atom. The predicted molar refractivity (Wildman–Crippen MR) is 123 cm³/mol. The lowest BCUT2D eigenvalue weighted by Crippen LogP contribution is -2.13. The average molecular weight is 423 g/mol. The summed E-state index contributed by atoms with van der Waals surface area (Å²) < 4.78 is 39.1. The summed E-state index contributed by atoms with van der Waals surface area (Å²) in [5.41, 5.74) is 8.71. The molecule has 0 atom stereocenters. The summed E-state index contributed by atoms with van der Waals surface area (Å²) in [5, 5.41) is 0. The third-order valence-corrected chi connectivity index (χ3v) is 6.22. The van der Waals surface area contributed by atoms with E-state index in [2.05, 4.69) is 71.9 Å². The Balaban J connectivity index is 1.87. The lowest BCUT2D eigenvalue weighted by Gasteiger charge is -2.25. The van der Waals surface area contributed by atoms with Crippen LogP contribution in [0.5, 0.6) is 0 Å². The van der Waals surface area contributed by atoms with Crippen molar-refractivity contribution in [3.05, 3.63) is 82.4 Å². The van der Waals surface area contributed by atoms with Gasteiger partial charge in [0.25, 0.3) is 0 Å². The highest BCUT2D eigenvalue weighted by Crippen LogP contribution is 2.45. The number of hydrogen-bond donors (Lipinski definition) is 0. The predicted octanol–water partition coefficient (Wildman–Crippen LogP) is 8.54. The molecule has 162 valence electrons. The van der Waals surface area contributed by atoms with Crippen molar-refractivity contribution in [1.82, 2.24) is 0 Å². The zero-order valence-corrected chi connectivity index (χ0v) is 19.0. The largest absolute Gasteiger partial charge is 0.416 e. The van der Waals surface area contributed by atoms with E-state index in [1.807, 2.05) is 0 Å². The van der Waals surface area contributed by atoms with Crippen molar-refractivity contribution >= 4 is 0 Å². The Hall–Kier alpha value is -2.55. The number of hydrogen-bond acceptors (Lipinski definition) is 0. The van der Waals surface area contributed by atoms with Gasteiger partial charge in [0, 0.05) is 0 Å². The van der Waals surface area contributed by atoms with Crippen molar-refractivity contribution in [1.29, 1.82) is 0 Å². The fourth-order valence-corrected chi connectivity index (χ4v) is 4.39. The summed E-state index contributed by atoms with van der Waals surface area (Å²) >= 11 is 0. The van der Waals surface area contributed by atoms with Crippen LogP contribution in [0, 0.1) is 0 Å². The second-order valence-corrected chi connectivity index (χ2v) is 10.7. The molecule has 0 amide bonds. The molecule has 3 heteroatoms. The molecule has 0 nitrogen and oxygen atoms in total. The maximum atomic E-state index is 13.0. The Kier molecular flexibility index (Phi) is 4.88. The van der Waals surface area contributed by atoms with E-state index in [-0.39, 0.29) is 10.8 Å². The van der Waals surface area contributed by atoms with Gasteiger partial charge >= 0.3 is 6.18 Å². The van der Waals surface area contributed by atoms with Crippen LogP contribution in [0.1, 0.15) is 69.4 Å². The van der Waals surface area contributed by atoms with Crippen molar-refractivity contribution in [3.8, 4) is 22.3 Å². The smallest absolute Gasteiger partial charge is 0.166 e. The molecule has 0 aromatic heterocycles. The highest BCUT2D eigenvalue weighted by molar-refractivity contribution is 5.83. The molecule has 3 aromatic carbocycles. The molecule has 0 bridgehead atoms. The van der Waals surface area contributed by atoms with E-state index in [0.29, 0.717) is 0 Å². The van der Waals surface area contributed by atoms with Gasteiger partial charge in [-0.25, -0.2) is 0 Å². The van der Waals surface area contributed by atoms with Crippen molar-refractivity contribution in [3.63, 3.8) is 0 Å². The number of benzene rings is 3. The van der Waals surface area contributed by atoms with Gasteiger partial charge < -0.3 is 0 Å². The van der Waals surface area contributed by atoms with Crippen LogP contribution in [0.3, 0.4) is 0 Å². The van der Waals surface area contributed by atoms with E-state index in [1.165, 1.54) is 39.9 Å². The first kappa shape index (κ1) is 21.7. The van der Waals surface area contributed by atoms with Crippen LogP contribution in [0.2, 0.25) is 0 Å². The van der Waals surface area contributed by atoms with Crippen LogP contribution in [0.15, 0.2) is 54.6 Å². The lowest BCUT2D eigenvalue weighted by atomic mass is 9.79. The topological polar surface area (TPSA) is 0 Å². The first-order valence-electron chi connectivity index (χ1n) is 10.7. The molecule has 0 unspecified atom stereocenters. The van der Waals surface area contributed by atoms with Gasteiger partial charge in [-0.1, -0.05) is 71.9 Å². The molecule has 0 saturated heterocycles. The number of halogens is 3. The van der Waals surface area contributed by atoms with Crippen LogP contribution in [-0.2, 0) is 23.4 Å². The van der Waals surface area contributed by atoms with Crippen molar-refractivity contribution in [2.75, 3.05) is 0 Å². The molecule has 1 aliphatic rings. The van der Waals surface area contributed by atoms with E-state index in [4.69, 9.17) is 0 Å². The molecular formula is C28H29F3. The molecule has 3 aromatic rings. The van der Waals surface area contributed by atoms with Gasteiger partial charge in [-0.05, 0) is 86.0 Å². The van der Waals surface area contributed by atoms with Gasteiger partial charge in [-0.2, -0.15) is 13.2 Å². The standard InChI is InChI=1S/C28H29F3/c1-26(2,3)21-12-9-18-13-19-14-24(17-7-10-20(11-8-17)28(29,30)31)25(27(4,5)6)16-23(19)22(18)15-21/h7-12,14-16H,13H2,1-6H3. The van der Waals surface area contributed by atoms with Gasteiger partial charge in [0.2, 0.25) is 0 Å².